The van der Waals surface area contributed by atoms with Crippen molar-refractivity contribution >= 4 is 11.6 Å². The zero-order chi connectivity index (χ0) is 15.9. The monoisotopic (exact) mass is 300 g/mol. The van der Waals surface area contributed by atoms with Crippen molar-refractivity contribution in [3.63, 3.8) is 0 Å². The number of rotatable bonds is 6. The van der Waals surface area contributed by atoms with Gasteiger partial charge in [0.1, 0.15) is 5.82 Å². The molecule has 116 valence electrons. The highest BCUT2D eigenvalue weighted by Crippen LogP contribution is 2.13. The van der Waals surface area contributed by atoms with Crippen LogP contribution in [-0.4, -0.2) is 26.5 Å². The van der Waals surface area contributed by atoms with Gasteiger partial charge in [0, 0.05) is 26.3 Å². The van der Waals surface area contributed by atoms with Gasteiger partial charge in [0.25, 0.3) is 5.91 Å². The van der Waals surface area contributed by atoms with Crippen molar-refractivity contribution in [2.24, 2.45) is 0 Å². The largest absolute Gasteiger partial charge is 0.378 e. The Hall–Kier alpha value is -2.36. The zero-order valence-electron chi connectivity index (χ0n) is 13.0. The van der Waals surface area contributed by atoms with Gasteiger partial charge in [-0.15, -0.1) is 0 Å². The first-order chi connectivity index (χ1) is 10.6. The summed E-state index contributed by atoms with van der Waals surface area (Å²) >= 11 is 0. The number of nitrogens with zero attached hydrogens (tertiary/aromatic N) is 1. The standard InChI is InChI=1S/C18H21FN2O/c1-21(2)15-11-9-14(10-12-15)6-5-13-20-18(22)16-7-3-4-8-17(16)19/h3-4,7-12H,5-6,13H2,1-2H3,(H,20,22). The molecule has 0 bridgehead atoms. The molecule has 4 heteroatoms. The summed E-state index contributed by atoms with van der Waals surface area (Å²) in [5.41, 5.74) is 2.49. The van der Waals surface area contributed by atoms with Crippen LogP contribution in [0.2, 0.25) is 0 Å². The molecule has 0 heterocycles. The van der Waals surface area contributed by atoms with Crippen LogP contribution in [0.15, 0.2) is 48.5 Å². The normalized spacial score (nSPS) is 10.3. The molecule has 0 atom stereocenters. The molecule has 1 N–H and O–H groups in total. The Kier molecular flexibility index (Phi) is 5.53. The van der Waals surface area contributed by atoms with E-state index in [2.05, 4.69) is 34.5 Å². The van der Waals surface area contributed by atoms with E-state index in [9.17, 15) is 9.18 Å². The number of hydrogen-bond donors (Lipinski definition) is 1. The van der Waals surface area contributed by atoms with Crippen LogP contribution in [0.1, 0.15) is 22.3 Å². The number of amides is 1. The second-order valence-corrected chi connectivity index (χ2v) is 5.40. The SMILES string of the molecule is CN(C)c1ccc(CCCNC(=O)c2ccccc2F)cc1. The predicted octanol–water partition coefficient (Wildman–Crippen LogP) is 3.25. The van der Waals surface area contributed by atoms with Crippen LogP contribution in [0, 0.1) is 5.82 Å². The lowest BCUT2D eigenvalue weighted by atomic mass is 10.1. The average Bonchev–Trinajstić information content (AvgIpc) is 2.52. The summed E-state index contributed by atoms with van der Waals surface area (Å²) in [5, 5.41) is 2.75. The molecule has 0 unspecified atom stereocenters. The van der Waals surface area contributed by atoms with Crippen LogP contribution in [0.4, 0.5) is 10.1 Å². The van der Waals surface area contributed by atoms with E-state index in [0.717, 1.165) is 18.5 Å². The molecule has 2 rings (SSSR count). The van der Waals surface area contributed by atoms with Crippen molar-refractivity contribution in [3.8, 4) is 0 Å². The van der Waals surface area contributed by atoms with Crippen molar-refractivity contribution in [1.82, 2.24) is 5.32 Å². The van der Waals surface area contributed by atoms with E-state index >= 15 is 0 Å². The van der Waals surface area contributed by atoms with Gasteiger partial charge in [0.05, 0.1) is 5.56 Å². The molecule has 0 fully saturated rings. The number of carbonyl (C=O) groups excluding carboxylic acids is 1. The quantitative estimate of drug-likeness (QED) is 0.831. The lowest BCUT2D eigenvalue weighted by molar-refractivity contribution is 0.0949. The predicted molar refractivity (Wildman–Crippen MR) is 87.8 cm³/mol. The van der Waals surface area contributed by atoms with Gasteiger partial charge in [0.2, 0.25) is 0 Å². The van der Waals surface area contributed by atoms with E-state index in [-0.39, 0.29) is 11.5 Å². The van der Waals surface area contributed by atoms with Crippen molar-refractivity contribution in [3.05, 3.63) is 65.5 Å². The third-order valence-corrected chi connectivity index (χ3v) is 3.50. The highest BCUT2D eigenvalue weighted by molar-refractivity contribution is 5.94. The van der Waals surface area contributed by atoms with Gasteiger partial charge in [-0.3, -0.25) is 4.79 Å². The van der Waals surface area contributed by atoms with E-state index < -0.39 is 5.82 Å². The van der Waals surface area contributed by atoms with Gasteiger partial charge in [0.15, 0.2) is 0 Å². The summed E-state index contributed by atoms with van der Waals surface area (Å²) in [6, 6.07) is 14.3. The number of nitrogens with one attached hydrogen (secondary N) is 1. The Labute approximate surface area is 130 Å². The van der Waals surface area contributed by atoms with Gasteiger partial charge in [-0.05, 0) is 42.7 Å². The maximum Gasteiger partial charge on any atom is 0.254 e. The fourth-order valence-corrected chi connectivity index (χ4v) is 2.20. The molecule has 1 amide bonds. The van der Waals surface area contributed by atoms with Crippen molar-refractivity contribution in [2.45, 2.75) is 12.8 Å². The lowest BCUT2D eigenvalue weighted by Crippen LogP contribution is -2.25. The number of halogens is 1. The van der Waals surface area contributed by atoms with E-state index in [0.29, 0.717) is 6.54 Å². The van der Waals surface area contributed by atoms with Gasteiger partial charge < -0.3 is 10.2 Å². The van der Waals surface area contributed by atoms with Crippen LogP contribution < -0.4 is 10.2 Å². The van der Waals surface area contributed by atoms with Gasteiger partial charge in [-0.25, -0.2) is 4.39 Å². The molecule has 3 nitrogen and oxygen atoms in total. The first-order valence-electron chi connectivity index (χ1n) is 7.37. The Morgan fingerprint density at radius 1 is 1.09 bits per heavy atom. The van der Waals surface area contributed by atoms with Crippen LogP contribution in [0.5, 0.6) is 0 Å². The van der Waals surface area contributed by atoms with E-state index in [1.165, 1.54) is 17.7 Å². The third-order valence-electron chi connectivity index (χ3n) is 3.50. The smallest absolute Gasteiger partial charge is 0.254 e. The second kappa shape index (κ2) is 7.59. The molecular formula is C18H21FN2O. The van der Waals surface area contributed by atoms with Crippen LogP contribution >= 0.6 is 0 Å². The van der Waals surface area contributed by atoms with Gasteiger partial charge >= 0.3 is 0 Å². The highest BCUT2D eigenvalue weighted by Gasteiger charge is 2.09. The molecule has 0 aliphatic rings. The second-order valence-electron chi connectivity index (χ2n) is 5.40. The number of carbonyl (C=O) groups is 1. The molecule has 0 radical (unpaired) electrons. The van der Waals surface area contributed by atoms with Crippen LogP contribution in [0.3, 0.4) is 0 Å². The molecule has 0 aliphatic carbocycles. The number of hydrogen-bond acceptors (Lipinski definition) is 2. The molecule has 0 aromatic heterocycles. The van der Waals surface area contributed by atoms with Crippen molar-refractivity contribution < 1.29 is 9.18 Å². The fourth-order valence-electron chi connectivity index (χ4n) is 2.20. The highest BCUT2D eigenvalue weighted by atomic mass is 19.1. The molecule has 2 aromatic rings. The van der Waals surface area contributed by atoms with E-state index in [4.69, 9.17) is 0 Å². The maximum absolute atomic E-state index is 13.5. The third kappa shape index (κ3) is 4.32. The van der Waals surface area contributed by atoms with Crippen LogP contribution in [-0.2, 0) is 6.42 Å². The summed E-state index contributed by atoms with van der Waals surface area (Å²) in [5.74, 6) is -0.847. The number of aryl methyl sites for hydroxylation is 1. The van der Waals surface area contributed by atoms with Crippen molar-refractivity contribution in [1.29, 1.82) is 0 Å². The Balaban J connectivity index is 1.77. The summed E-state index contributed by atoms with van der Waals surface area (Å²) < 4.78 is 13.5. The molecular weight excluding hydrogens is 279 g/mol. The minimum Gasteiger partial charge on any atom is -0.378 e. The Bertz CT molecular complexity index is 623. The topological polar surface area (TPSA) is 32.3 Å². The van der Waals surface area contributed by atoms with Gasteiger partial charge in [-0.1, -0.05) is 24.3 Å². The Morgan fingerprint density at radius 3 is 2.41 bits per heavy atom. The lowest BCUT2D eigenvalue weighted by Gasteiger charge is -2.12. The Morgan fingerprint density at radius 2 is 1.77 bits per heavy atom. The van der Waals surface area contributed by atoms with Crippen LogP contribution in [0.25, 0.3) is 0 Å². The van der Waals surface area contributed by atoms with E-state index in [1.807, 2.05) is 14.1 Å². The molecule has 2 aromatic carbocycles. The molecule has 22 heavy (non-hydrogen) atoms. The first kappa shape index (κ1) is 16.0. The van der Waals surface area contributed by atoms with Crippen molar-refractivity contribution in [2.75, 3.05) is 25.5 Å². The summed E-state index contributed by atoms with van der Waals surface area (Å²) in [6.07, 6.45) is 1.70. The summed E-state index contributed by atoms with van der Waals surface area (Å²) in [6.45, 7) is 0.530. The minimum absolute atomic E-state index is 0.0952. The van der Waals surface area contributed by atoms with E-state index in [1.54, 1.807) is 12.1 Å². The number of benzene rings is 2. The fraction of sp³-hybridized carbons (Fsp3) is 0.278. The molecule has 0 spiro atoms. The minimum atomic E-state index is -0.487. The van der Waals surface area contributed by atoms with Gasteiger partial charge in [-0.2, -0.15) is 0 Å². The summed E-state index contributed by atoms with van der Waals surface area (Å²) in [7, 11) is 4.01. The molecule has 0 aliphatic heterocycles. The zero-order valence-corrected chi connectivity index (χ0v) is 13.0. The molecule has 0 saturated carbocycles. The average molecular weight is 300 g/mol. The number of anilines is 1. The maximum atomic E-state index is 13.5. The summed E-state index contributed by atoms with van der Waals surface area (Å²) in [4.78, 5) is 13.9. The first-order valence-corrected chi connectivity index (χ1v) is 7.37. The molecule has 0 saturated heterocycles.